The number of carboxylic acids is 1. The second-order valence-corrected chi connectivity index (χ2v) is 3.92. The maximum absolute atomic E-state index is 11.5. The van der Waals surface area contributed by atoms with Gasteiger partial charge >= 0.3 is 12.0 Å². The van der Waals surface area contributed by atoms with Crippen LogP contribution in [0.1, 0.15) is 17.3 Å². The van der Waals surface area contributed by atoms with E-state index in [1.54, 1.807) is 6.92 Å². The predicted octanol–water partition coefficient (Wildman–Crippen LogP) is 1.25. The first-order valence-electron chi connectivity index (χ1n) is 5.58. The fourth-order valence-electron chi connectivity index (χ4n) is 1.29. The standard InChI is InChI=1S/C12H16N2O5/c1-7(19-2)6-13-12(18)14-8-3-4-9(11(16)17)10(15)5-8/h3-5,7,15H,6H2,1-2H3,(H,16,17)(H2,13,14,18). The van der Waals surface area contributed by atoms with Gasteiger partial charge in [-0.2, -0.15) is 0 Å². The highest BCUT2D eigenvalue weighted by Crippen LogP contribution is 2.21. The van der Waals surface area contributed by atoms with Gasteiger partial charge in [-0.05, 0) is 19.1 Å². The summed E-state index contributed by atoms with van der Waals surface area (Å²) in [4.78, 5) is 22.2. The molecule has 0 heterocycles. The van der Waals surface area contributed by atoms with Crippen molar-refractivity contribution in [3.05, 3.63) is 23.8 Å². The van der Waals surface area contributed by atoms with Crippen LogP contribution in [0, 0.1) is 0 Å². The van der Waals surface area contributed by atoms with Crippen molar-refractivity contribution in [2.24, 2.45) is 0 Å². The van der Waals surface area contributed by atoms with Gasteiger partial charge < -0.3 is 25.6 Å². The molecule has 1 atom stereocenters. The molecule has 7 heteroatoms. The number of rotatable bonds is 5. The van der Waals surface area contributed by atoms with Gasteiger partial charge in [0.2, 0.25) is 0 Å². The highest BCUT2D eigenvalue weighted by Gasteiger charge is 2.11. The number of urea groups is 1. The Morgan fingerprint density at radius 1 is 1.42 bits per heavy atom. The average molecular weight is 268 g/mol. The van der Waals surface area contributed by atoms with Gasteiger partial charge in [-0.15, -0.1) is 0 Å². The molecule has 0 radical (unpaired) electrons. The molecule has 0 bridgehead atoms. The van der Waals surface area contributed by atoms with E-state index in [4.69, 9.17) is 9.84 Å². The molecule has 0 aromatic heterocycles. The Labute approximate surface area is 110 Å². The summed E-state index contributed by atoms with van der Waals surface area (Å²) in [5, 5.41) is 23.2. The Morgan fingerprint density at radius 2 is 2.11 bits per heavy atom. The number of aromatic hydroxyl groups is 1. The van der Waals surface area contributed by atoms with Crippen molar-refractivity contribution < 1.29 is 24.5 Å². The van der Waals surface area contributed by atoms with E-state index in [1.807, 2.05) is 0 Å². The van der Waals surface area contributed by atoms with Gasteiger partial charge in [-0.3, -0.25) is 0 Å². The molecule has 7 nitrogen and oxygen atoms in total. The molecule has 1 aromatic rings. The summed E-state index contributed by atoms with van der Waals surface area (Å²) in [5.74, 6) is -1.64. The second-order valence-electron chi connectivity index (χ2n) is 3.92. The van der Waals surface area contributed by atoms with E-state index in [0.29, 0.717) is 12.2 Å². The average Bonchev–Trinajstić information content (AvgIpc) is 2.35. The molecule has 4 N–H and O–H groups in total. The van der Waals surface area contributed by atoms with Crippen molar-refractivity contribution in [3.63, 3.8) is 0 Å². The molecule has 19 heavy (non-hydrogen) atoms. The Kier molecular flexibility index (Phi) is 5.13. The van der Waals surface area contributed by atoms with E-state index in [0.717, 1.165) is 0 Å². The fourth-order valence-corrected chi connectivity index (χ4v) is 1.29. The van der Waals surface area contributed by atoms with Crippen molar-refractivity contribution in [2.45, 2.75) is 13.0 Å². The van der Waals surface area contributed by atoms with Gasteiger partial charge in [-0.25, -0.2) is 9.59 Å². The lowest BCUT2D eigenvalue weighted by Gasteiger charge is -2.12. The van der Waals surface area contributed by atoms with E-state index in [2.05, 4.69) is 10.6 Å². The summed E-state index contributed by atoms with van der Waals surface area (Å²) in [6.45, 7) is 2.13. The first-order valence-corrected chi connectivity index (χ1v) is 5.58. The van der Waals surface area contributed by atoms with E-state index in [-0.39, 0.29) is 11.7 Å². The van der Waals surface area contributed by atoms with Crippen LogP contribution >= 0.6 is 0 Å². The summed E-state index contributed by atoms with van der Waals surface area (Å²) in [6, 6.07) is 3.31. The van der Waals surface area contributed by atoms with Crippen LogP contribution in [-0.2, 0) is 4.74 Å². The summed E-state index contributed by atoms with van der Waals surface area (Å²) in [6.07, 6.45) is -0.117. The lowest BCUT2D eigenvalue weighted by Crippen LogP contribution is -2.34. The van der Waals surface area contributed by atoms with E-state index >= 15 is 0 Å². The van der Waals surface area contributed by atoms with E-state index < -0.39 is 17.7 Å². The van der Waals surface area contributed by atoms with Crippen LogP contribution in [0.2, 0.25) is 0 Å². The molecule has 0 spiro atoms. The van der Waals surface area contributed by atoms with Crippen LogP contribution in [0.15, 0.2) is 18.2 Å². The van der Waals surface area contributed by atoms with Crippen LogP contribution in [0.3, 0.4) is 0 Å². The number of aromatic carboxylic acids is 1. The molecular formula is C12H16N2O5. The number of phenols is 1. The number of hydrogen-bond acceptors (Lipinski definition) is 4. The molecule has 1 aromatic carbocycles. The number of methoxy groups -OCH3 is 1. The number of benzene rings is 1. The molecule has 0 aliphatic rings. The number of hydrogen-bond donors (Lipinski definition) is 4. The molecular weight excluding hydrogens is 252 g/mol. The SMILES string of the molecule is COC(C)CNC(=O)Nc1ccc(C(=O)O)c(O)c1. The van der Waals surface area contributed by atoms with Crippen LogP contribution in [0.4, 0.5) is 10.5 Å². The second kappa shape index (κ2) is 6.60. The first-order chi connectivity index (χ1) is 8.93. The minimum atomic E-state index is -1.23. The van der Waals surface area contributed by atoms with Crippen LogP contribution < -0.4 is 10.6 Å². The maximum atomic E-state index is 11.5. The van der Waals surface area contributed by atoms with E-state index in [1.165, 1.54) is 25.3 Å². The smallest absolute Gasteiger partial charge is 0.339 e. The lowest BCUT2D eigenvalue weighted by atomic mass is 10.2. The molecule has 1 rings (SSSR count). The highest BCUT2D eigenvalue weighted by molar-refractivity contribution is 5.93. The predicted molar refractivity (Wildman–Crippen MR) is 68.6 cm³/mol. The van der Waals surface area contributed by atoms with Crippen molar-refractivity contribution >= 4 is 17.7 Å². The van der Waals surface area contributed by atoms with Crippen molar-refractivity contribution in [1.82, 2.24) is 5.32 Å². The quantitative estimate of drug-likeness (QED) is 0.642. The van der Waals surface area contributed by atoms with Crippen LogP contribution in [-0.4, -0.2) is 42.0 Å². The normalized spacial score (nSPS) is 11.7. The van der Waals surface area contributed by atoms with Gasteiger partial charge in [0, 0.05) is 25.4 Å². The zero-order valence-electron chi connectivity index (χ0n) is 10.6. The number of carbonyl (C=O) groups excluding carboxylic acids is 1. The monoisotopic (exact) mass is 268 g/mol. The lowest BCUT2D eigenvalue weighted by molar-refractivity contribution is 0.0693. The third-order valence-electron chi connectivity index (χ3n) is 2.44. The van der Waals surface area contributed by atoms with Crippen LogP contribution in [0.5, 0.6) is 5.75 Å². The van der Waals surface area contributed by atoms with Gasteiger partial charge in [0.05, 0.1) is 6.10 Å². The van der Waals surface area contributed by atoms with Gasteiger partial charge in [0.1, 0.15) is 11.3 Å². The van der Waals surface area contributed by atoms with Crippen LogP contribution in [0.25, 0.3) is 0 Å². The minimum absolute atomic E-state index is 0.117. The molecule has 0 saturated carbocycles. The van der Waals surface area contributed by atoms with Gasteiger partial charge in [0.25, 0.3) is 0 Å². The topological polar surface area (TPSA) is 108 Å². The number of anilines is 1. The molecule has 0 fully saturated rings. The van der Waals surface area contributed by atoms with Crippen molar-refractivity contribution in [2.75, 3.05) is 19.0 Å². The zero-order valence-corrected chi connectivity index (χ0v) is 10.6. The zero-order chi connectivity index (χ0) is 14.4. The number of nitrogens with one attached hydrogen (secondary N) is 2. The Morgan fingerprint density at radius 3 is 2.63 bits per heavy atom. The Balaban J connectivity index is 2.60. The minimum Gasteiger partial charge on any atom is -0.507 e. The number of carboxylic acid groups (broad SMARTS) is 1. The molecule has 0 saturated heterocycles. The van der Waals surface area contributed by atoms with Gasteiger partial charge in [0.15, 0.2) is 0 Å². The third-order valence-corrected chi connectivity index (χ3v) is 2.44. The largest absolute Gasteiger partial charge is 0.507 e. The summed E-state index contributed by atoms with van der Waals surface area (Å²) in [7, 11) is 1.53. The maximum Gasteiger partial charge on any atom is 0.339 e. The fraction of sp³-hybridized carbons (Fsp3) is 0.333. The molecule has 0 aliphatic heterocycles. The van der Waals surface area contributed by atoms with E-state index in [9.17, 15) is 14.7 Å². The summed E-state index contributed by atoms with van der Waals surface area (Å²) >= 11 is 0. The number of ether oxygens (including phenoxy) is 1. The Bertz CT molecular complexity index is 475. The highest BCUT2D eigenvalue weighted by atomic mass is 16.5. The van der Waals surface area contributed by atoms with Crippen molar-refractivity contribution in [3.8, 4) is 5.75 Å². The molecule has 2 amide bonds. The molecule has 0 aliphatic carbocycles. The summed E-state index contributed by atoms with van der Waals surface area (Å²) < 4.78 is 4.96. The first kappa shape index (κ1) is 14.8. The molecule has 104 valence electrons. The van der Waals surface area contributed by atoms with Gasteiger partial charge in [-0.1, -0.05) is 0 Å². The third kappa shape index (κ3) is 4.47. The number of amides is 2. The number of carbonyl (C=O) groups is 2. The van der Waals surface area contributed by atoms with Crippen molar-refractivity contribution in [1.29, 1.82) is 0 Å². The molecule has 1 unspecified atom stereocenters. The summed E-state index contributed by atoms with van der Waals surface area (Å²) in [5.41, 5.74) is 0.0732. The Hall–Kier alpha value is -2.28.